The smallest absolute Gasteiger partial charge is 0.410 e. The number of ether oxygens (including phenoxy) is 1. The van der Waals surface area contributed by atoms with Gasteiger partial charge < -0.3 is 14.5 Å². The van der Waals surface area contributed by atoms with Gasteiger partial charge in [0.1, 0.15) is 5.60 Å². The minimum Gasteiger partial charge on any atom is -0.444 e. The summed E-state index contributed by atoms with van der Waals surface area (Å²) in [6.07, 6.45) is 3.33. The maximum Gasteiger partial charge on any atom is 0.410 e. The van der Waals surface area contributed by atoms with E-state index in [2.05, 4.69) is 30.8 Å². The zero-order chi connectivity index (χ0) is 15.9. The third-order valence-electron chi connectivity index (χ3n) is 4.03. The van der Waals surface area contributed by atoms with E-state index in [1.54, 1.807) is 12.4 Å². The Kier molecular flexibility index (Phi) is 4.01. The van der Waals surface area contributed by atoms with Gasteiger partial charge in [0.15, 0.2) is 0 Å². The zero-order valence-corrected chi connectivity index (χ0v) is 14.7. The van der Waals surface area contributed by atoms with Crippen molar-refractivity contribution in [2.75, 3.05) is 31.1 Å². The van der Waals surface area contributed by atoms with Crippen LogP contribution in [0, 0.1) is 11.8 Å². The van der Waals surface area contributed by atoms with Crippen molar-refractivity contribution >= 4 is 28.0 Å². The van der Waals surface area contributed by atoms with Crippen LogP contribution in [0.1, 0.15) is 20.8 Å². The Balaban J connectivity index is 1.58. The average molecular weight is 369 g/mol. The topological polar surface area (TPSA) is 58.6 Å². The highest BCUT2D eigenvalue weighted by molar-refractivity contribution is 9.10. The predicted octanol–water partition coefficient (Wildman–Crippen LogP) is 2.54. The molecule has 2 aliphatic heterocycles. The SMILES string of the molecule is CC(C)(C)OC(=O)N1CC2CN(c3ncc(Br)cn3)CC2C1. The summed E-state index contributed by atoms with van der Waals surface area (Å²) in [7, 11) is 0. The number of amides is 1. The number of anilines is 1. The molecule has 0 radical (unpaired) electrons. The number of rotatable bonds is 1. The van der Waals surface area contributed by atoms with Gasteiger partial charge in [0.05, 0.1) is 4.47 Å². The molecule has 2 unspecified atom stereocenters. The summed E-state index contributed by atoms with van der Waals surface area (Å²) < 4.78 is 6.34. The summed E-state index contributed by atoms with van der Waals surface area (Å²) in [6, 6.07) is 0. The van der Waals surface area contributed by atoms with E-state index < -0.39 is 5.60 Å². The molecular weight excluding hydrogens is 348 g/mol. The molecule has 3 heterocycles. The first-order valence-electron chi connectivity index (χ1n) is 7.52. The van der Waals surface area contributed by atoms with E-state index >= 15 is 0 Å². The van der Waals surface area contributed by atoms with Gasteiger partial charge in [0.25, 0.3) is 0 Å². The number of halogens is 1. The number of likely N-dealkylation sites (tertiary alicyclic amines) is 1. The zero-order valence-electron chi connectivity index (χ0n) is 13.1. The van der Waals surface area contributed by atoms with E-state index in [0.29, 0.717) is 11.8 Å². The molecule has 0 saturated carbocycles. The molecule has 0 aromatic carbocycles. The van der Waals surface area contributed by atoms with Crippen LogP contribution in [-0.4, -0.2) is 52.7 Å². The van der Waals surface area contributed by atoms with Crippen LogP contribution in [0.15, 0.2) is 16.9 Å². The van der Waals surface area contributed by atoms with Crippen LogP contribution in [0.2, 0.25) is 0 Å². The number of aromatic nitrogens is 2. The van der Waals surface area contributed by atoms with Gasteiger partial charge in [-0.3, -0.25) is 0 Å². The van der Waals surface area contributed by atoms with Gasteiger partial charge in [-0.05, 0) is 36.7 Å². The highest BCUT2D eigenvalue weighted by Crippen LogP contribution is 2.33. The Hall–Kier alpha value is -1.37. The number of fused-ring (bicyclic) bond motifs is 1. The minimum absolute atomic E-state index is 0.201. The van der Waals surface area contributed by atoms with Crippen molar-refractivity contribution in [3.05, 3.63) is 16.9 Å². The van der Waals surface area contributed by atoms with Gasteiger partial charge in [-0.25, -0.2) is 14.8 Å². The molecule has 0 bridgehead atoms. The van der Waals surface area contributed by atoms with Crippen LogP contribution in [0.25, 0.3) is 0 Å². The first kappa shape index (κ1) is 15.5. The van der Waals surface area contributed by atoms with Crippen molar-refractivity contribution in [2.24, 2.45) is 11.8 Å². The Morgan fingerprint density at radius 1 is 1.18 bits per heavy atom. The minimum atomic E-state index is -0.438. The van der Waals surface area contributed by atoms with Crippen LogP contribution < -0.4 is 4.90 Å². The summed E-state index contributed by atoms with van der Waals surface area (Å²) in [5.41, 5.74) is -0.438. The summed E-state index contributed by atoms with van der Waals surface area (Å²) in [4.78, 5) is 24.9. The third-order valence-corrected chi connectivity index (χ3v) is 4.44. The maximum absolute atomic E-state index is 12.1. The molecule has 6 nitrogen and oxygen atoms in total. The third kappa shape index (κ3) is 3.34. The van der Waals surface area contributed by atoms with E-state index in [0.717, 1.165) is 36.6 Å². The standard InChI is InChI=1S/C15H21BrN4O2/c1-15(2,3)22-14(21)20-8-10-6-19(7-11(10)9-20)13-17-4-12(16)5-18-13/h4-5,10-11H,6-9H2,1-3H3. The molecule has 2 aliphatic rings. The van der Waals surface area contributed by atoms with Gasteiger partial charge >= 0.3 is 6.09 Å². The van der Waals surface area contributed by atoms with E-state index in [-0.39, 0.29) is 6.09 Å². The summed E-state index contributed by atoms with van der Waals surface area (Å²) in [6.45, 7) is 8.99. The Morgan fingerprint density at radius 3 is 2.23 bits per heavy atom. The van der Waals surface area contributed by atoms with Gasteiger partial charge in [0.2, 0.25) is 5.95 Å². The molecular formula is C15H21BrN4O2. The number of hydrogen-bond acceptors (Lipinski definition) is 5. The average Bonchev–Trinajstić information content (AvgIpc) is 2.95. The van der Waals surface area contributed by atoms with E-state index in [1.807, 2.05) is 25.7 Å². The number of hydrogen-bond donors (Lipinski definition) is 0. The van der Waals surface area contributed by atoms with Gasteiger partial charge in [-0.1, -0.05) is 0 Å². The first-order valence-corrected chi connectivity index (χ1v) is 8.31. The second kappa shape index (κ2) is 5.68. The molecule has 0 aliphatic carbocycles. The molecule has 3 rings (SSSR count). The second-order valence-electron chi connectivity index (χ2n) is 7.01. The van der Waals surface area contributed by atoms with Crippen molar-refractivity contribution < 1.29 is 9.53 Å². The maximum atomic E-state index is 12.1. The van der Waals surface area contributed by atoms with Crippen molar-refractivity contribution in [2.45, 2.75) is 26.4 Å². The molecule has 2 fully saturated rings. The van der Waals surface area contributed by atoms with E-state index in [9.17, 15) is 4.79 Å². The second-order valence-corrected chi connectivity index (χ2v) is 7.93. The summed E-state index contributed by atoms with van der Waals surface area (Å²) in [5.74, 6) is 1.71. The van der Waals surface area contributed by atoms with Crippen LogP contribution >= 0.6 is 15.9 Å². The molecule has 2 atom stereocenters. The molecule has 22 heavy (non-hydrogen) atoms. The lowest BCUT2D eigenvalue weighted by Crippen LogP contribution is -2.37. The van der Waals surface area contributed by atoms with E-state index in [4.69, 9.17) is 4.74 Å². The molecule has 0 spiro atoms. The Morgan fingerprint density at radius 2 is 1.73 bits per heavy atom. The first-order chi connectivity index (χ1) is 10.3. The van der Waals surface area contributed by atoms with E-state index in [1.165, 1.54) is 0 Å². The molecule has 1 aromatic rings. The predicted molar refractivity (Wildman–Crippen MR) is 86.7 cm³/mol. The lowest BCUT2D eigenvalue weighted by atomic mass is 10.0. The van der Waals surface area contributed by atoms with Crippen LogP contribution in [-0.2, 0) is 4.74 Å². The molecule has 2 saturated heterocycles. The number of carbonyl (C=O) groups excluding carboxylic acids is 1. The molecule has 120 valence electrons. The fourth-order valence-corrected chi connectivity index (χ4v) is 3.31. The Bertz CT molecular complexity index is 544. The number of carbonyl (C=O) groups is 1. The van der Waals surface area contributed by atoms with Crippen LogP contribution in [0.5, 0.6) is 0 Å². The lowest BCUT2D eigenvalue weighted by molar-refractivity contribution is 0.0282. The molecule has 1 amide bonds. The molecule has 0 N–H and O–H groups in total. The van der Waals surface area contributed by atoms with Crippen molar-refractivity contribution in [3.8, 4) is 0 Å². The fourth-order valence-electron chi connectivity index (χ4n) is 3.10. The quantitative estimate of drug-likeness (QED) is 0.762. The summed E-state index contributed by atoms with van der Waals surface area (Å²) >= 11 is 3.35. The Labute approximate surface area is 139 Å². The highest BCUT2D eigenvalue weighted by atomic mass is 79.9. The monoisotopic (exact) mass is 368 g/mol. The molecule has 7 heteroatoms. The number of nitrogens with zero attached hydrogens (tertiary/aromatic N) is 4. The van der Waals surface area contributed by atoms with Gasteiger partial charge in [-0.15, -0.1) is 0 Å². The van der Waals surface area contributed by atoms with Gasteiger partial charge in [-0.2, -0.15) is 0 Å². The van der Waals surface area contributed by atoms with Crippen molar-refractivity contribution in [1.29, 1.82) is 0 Å². The van der Waals surface area contributed by atoms with Crippen molar-refractivity contribution in [1.82, 2.24) is 14.9 Å². The normalized spacial score (nSPS) is 24.5. The van der Waals surface area contributed by atoms with Crippen LogP contribution in [0.4, 0.5) is 10.7 Å². The largest absolute Gasteiger partial charge is 0.444 e. The highest BCUT2D eigenvalue weighted by Gasteiger charge is 2.43. The molecule has 1 aromatic heterocycles. The lowest BCUT2D eigenvalue weighted by Gasteiger charge is -2.26. The van der Waals surface area contributed by atoms with Crippen molar-refractivity contribution in [3.63, 3.8) is 0 Å². The van der Waals surface area contributed by atoms with Gasteiger partial charge in [0, 0.05) is 50.4 Å². The fraction of sp³-hybridized carbons (Fsp3) is 0.667. The summed E-state index contributed by atoms with van der Waals surface area (Å²) in [5, 5.41) is 0. The van der Waals surface area contributed by atoms with Crippen LogP contribution in [0.3, 0.4) is 0 Å².